The number of hydrazone groups is 1. The molecule has 0 radical (unpaired) electrons. The molecule has 0 fully saturated rings. The van der Waals surface area contributed by atoms with Crippen LogP contribution in [0.4, 0.5) is 5.13 Å². The Bertz CT molecular complexity index is 743. The quantitative estimate of drug-likeness (QED) is 0.470. The van der Waals surface area contributed by atoms with Crippen molar-refractivity contribution in [2.75, 3.05) is 26.3 Å². The highest BCUT2D eigenvalue weighted by atomic mass is 32.1. The zero-order chi connectivity index (χ0) is 17.5. The second-order valence-electron chi connectivity index (χ2n) is 4.64. The van der Waals surface area contributed by atoms with E-state index >= 15 is 0 Å². The van der Waals surface area contributed by atoms with Crippen LogP contribution in [0.15, 0.2) is 23.3 Å². The molecule has 0 amide bonds. The average Bonchev–Trinajstić information content (AvgIpc) is 2.95. The molecule has 0 aliphatic rings. The van der Waals surface area contributed by atoms with Crippen LogP contribution in [-0.4, -0.2) is 38.0 Å². The number of methoxy groups -OCH3 is 2. The van der Waals surface area contributed by atoms with E-state index in [9.17, 15) is 4.79 Å². The van der Waals surface area contributed by atoms with Crippen LogP contribution < -0.4 is 14.9 Å². The number of ether oxygens (including phenoxy) is 3. The molecule has 2 aromatic rings. The van der Waals surface area contributed by atoms with Gasteiger partial charge in [0, 0.05) is 0 Å². The minimum Gasteiger partial charge on any atom is -0.493 e. The molecule has 8 heteroatoms. The van der Waals surface area contributed by atoms with E-state index in [1.165, 1.54) is 18.4 Å². The highest BCUT2D eigenvalue weighted by Crippen LogP contribution is 2.27. The van der Waals surface area contributed by atoms with Crippen LogP contribution in [0.1, 0.15) is 27.9 Å². The number of hydrogen-bond donors (Lipinski definition) is 1. The second kappa shape index (κ2) is 8.30. The van der Waals surface area contributed by atoms with E-state index < -0.39 is 5.97 Å². The summed E-state index contributed by atoms with van der Waals surface area (Å²) in [5.74, 6) is 0.917. The summed E-state index contributed by atoms with van der Waals surface area (Å²) in [4.78, 5) is 16.2. The summed E-state index contributed by atoms with van der Waals surface area (Å²) < 4.78 is 15.5. The normalized spacial score (nSPS) is 10.7. The van der Waals surface area contributed by atoms with Gasteiger partial charge in [-0.1, -0.05) is 11.3 Å². The fraction of sp³-hybridized carbons (Fsp3) is 0.312. The lowest BCUT2D eigenvalue weighted by atomic mass is 10.2. The number of anilines is 1. The number of aromatic nitrogens is 1. The molecule has 1 aromatic carbocycles. The van der Waals surface area contributed by atoms with E-state index in [1.807, 2.05) is 25.1 Å². The molecular weight excluding hydrogens is 330 g/mol. The van der Waals surface area contributed by atoms with Gasteiger partial charge in [-0.05, 0) is 37.6 Å². The Kier molecular flexibility index (Phi) is 6.14. The Labute approximate surface area is 144 Å². The van der Waals surface area contributed by atoms with Crippen molar-refractivity contribution >= 4 is 28.7 Å². The number of benzene rings is 1. The minimum atomic E-state index is -0.404. The maximum Gasteiger partial charge on any atom is 0.350 e. The summed E-state index contributed by atoms with van der Waals surface area (Å²) in [6.45, 7) is 4.20. The lowest BCUT2D eigenvalue weighted by molar-refractivity contribution is 0.0605. The molecular formula is C16H19N3O4S. The van der Waals surface area contributed by atoms with Crippen LogP contribution >= 0.6 is 11.3 Å². The molecule has 0 spiro atoms. The van der Waals surface area contributed by atoms with Crippen molar-refractivity contribution in [2.24, 2.45) is 5.10 Å². The van der Waals surface area contributed by atoms with Crippen molar-refractivity contribution in [2.45, 2.75) is 13.8 Å². The molecule has 0 aliphatic carbocycles. The molecule has 0 saturated carbocycles. The second-order valence-corrected chi connectivity index (χ2v) is 5.64. The lowest BCUT2D eigenvalue weighted by Crippen LogP contribution is -1.99. The molecule has 0 atom stereocenters. The van der Waals surface area contributed by atoms with Crippen molar-refractivity contribution in [3.05, 3.63) is 34.3 Å². The number of nitrogens with one attached hydrogen (secondary N) is 1. The van der Waals surface area contributed by atoms with Crippen LogP contribution in [-0.2, 0) is 4.74 Å². The van der Waals surface area contributed by atoms with Gasteiger partial charge in [0.25, 0.3) is 0 Å². The third kappa shape index (κ3) is 4.23. The topological polar surface area (TPSA) is 82.0 Å². The Morgan fingerprint density at radius 1 is 1.38 bits per heavy atom. The Morgan fingerprint density at radius 3 is 2.83 bits per heavy atom. The van der Waals surface area contributed by atoms with Crippen molar-refractivity contribution in [3.8, 4) is 11.5 Å². The van der Waals surface area contributed by atoms with Gasteiger partial charge in [-0.3, -0.25) is 5.43 Å². The fourth-order valence-electron chi connectivity index (χ4n) is 1.93. The Morgan fingerprint density at radius 2 is 2.17 bits per heavy atom. The van der Waals surface area contributed by atoms with Crippen molar-refractivity contribution in [3.63, 3.8) is 0 Å². The zero-order valence-electron chi connectivity index (χ0n) is 14.0. The number of hydrogen-bond acceptors (Lipinski definition) is 8. The van der Waals surface area contributed by atoms with Gasteiger partial charge >= 0.3 is 5.97 Å². The predicted molar refractivity (Wildman–Crippen MR) is 93.6 cm³/mol. The number of aryl methyl sites for hydroxylation is 1. The molecule has 128 valence electrons. The molecule has 7 nitrogen and oxygen atoms in total. The first kappa shape index (κ1) is 17.7. The van der Waals surface area contributed by atoms with Gasteiger partial charge in [-0.2, -0.15) is 5.10 Å². The summed E-state index contributed by atoms with van der Waals surface area (Å²) in [5.41, 5.74) is 4.26. The SMILES string of the molecule is CCOc1cc(/C=N\Nc2nc(C)c(C(=O)OC)s2)ccc1OC. The van der Waals surface area contributed by atoms with E-state index in [4.69, 9.17) is 14.2 Å². The van der Waals surface area contributed by atoms with Gasteiger partial charge in [-0.15, -0.1) is 0 Å². The smallest absolute Gasteiger partial charge is 0.350 e. The van der Waals surface area contributed by atoms with Gasteiger partial charge in [0.2, 0.25) is 5.13 Å². The van der Waals surface area contributed by atoms with Gasteiger partial charge in [0.15, 0.2) is 11.5 Å². The van der Waals surface area contributed by atoms with E-state index in [0.29, 0.717) is 33.8 Å². The minimum absolute atomic E-state index is 0.404. The lowest BCUT2D eigenvalue weighted by Gasteiger charge is -2.09. The number of carbonyl (C=O) groups excluding carboxylic acids is 1. The summed E-state index contributed by atoms with van der Waals surface area (Å²) in [5, 5.41) is 4.65. The molecule has 1 N–H and O–H groups in total. The van der Waals surface area contributed by atoms with Gasteiger partial charge in [-0.25, -0.2) is 9.78 Å². The summed E-state index contributed by atoms with van der Waals surface area (Å²) in [6.07, 6.45) is 1.64. The van der Waals surface area contributed by atoms with E-state index in [0.717, 1.165) is 5.56 Å². The third-order valence-corrected chi connectivity index (χ3v) is 4.07. The maximum atomic E-state index is 11.6. The molecule has 0 unspecified atom stereocenters. The molecule has 24 heavy (non-hydrogen) atoms. The average molecular weight is 349 g/mol. The van der Waals surface area contributed by atoms with Gasteiger partial charge < -0.3 is 14.2 Å². The molecule has 1 heterocycles. The predicted octanol–water partition coefficient (Wildman–Crippen LogP) is 3.09. The number of nitrogens with zero attached hydrogens (tertiary/aromatic N) is 2. The highest BCUT2D eigenvalue weighted by molar-refractivity contribution is 7.17. The highest BCUT2D eigenvalue weighted by Gasteiger charge is 2.15. The van der Waals surface area contributed by atoms with E-state index in [-0.39, 0.29) is 0 Å². The molecule has 2 rings (SSSR count). The first-order chi connectivity index (χ1) is 11.6. The van der Waals surface area contributed by atoms with Crippen molar-refractivity contribution in [1.29, 1.82) is 0 Å². The van der Waals surface area contributed by atoms with Crippen molar-refractivity contribution in [1.82, 2.24) is 4.98 Å². The van der Waals surface area contributed by atoms with Crippen LogP contribution in [0.2, 0.25) is 0 Å². The molecule has 0 saturated heterocycles. The number of thiazole rings is 1. The number of esters is 1. The molecule has 0 bridgehead atoms. The standard InChI is InChI=1S/C16H19N3O4S/c1-5-23-13-8-11(6-7-12(13)21-3)9-17-19-16-18-10(2)14(24-16)15(20)22-4/h6-9H,5H2,1-4H3,(H,18,19)/b17-9-. The van der Waals surface area contributed by atoms with Crippen LogP contribution in [0.25, 0.3) is 0 Å². The summed E-state index contributed by atoms with van der Waals surface area (Å²) in [7, 11) is 2.93. The van der Waals surface area contributed by atoms with Gasteiger partial charge in [0.05, 0.1) is 32.7 Å². The Hall–Kier alpha value is -2.61. The van der Waals surface area contributed by atoms with Crippen LogP contribution in [0.5, 0.6) is 11.5 Å². The van der Waals surface area contributed by atoms with E-state index in [1.54, 1.807) is 20.2 Å². The number of carbonyl (C=O) groups is 1. The van der Waals surface area contributed by atoms with E-state index in [2.05, 4.69) is 15.5 Å². The number of rotatable bonds is 7. The largest absolute Gasteiger partial charge is 0.493 e. The Balaban J connectivity index is 2.09. The first-order valence-electron chi connectivity index (χ1n) is 7.24. The summed E-state index contributed by atoms with van der Waals surface area (Å²) >= 11 is 1.19. The maximum absolute atomic E-state index is 11.6. The fourth-order valence-corrected chi connectivity index (χ4v) is 2.76. The van der Waals surface area contributed by atoms with Gasteiger partial charge in [0.1, 0.15) is 4.88 Å². The first-order valence-corrected chi connectivity index (χ1v) is 8.06. The monoisotopic (exact) mass is 349 g/mol. The molecule has 1 aromatic heterocycles. The van der Waals surface area contributed by atoms with Crippen LogP contribution in [0, 0.1) is 6.92 Å². The summed E-state index contributed by atoms with van der Waals surface area (Å²) in [6, 6.07) is 5.51. The van der Waals surface area contributed by atoms with Crippen LogP contribution in [0.3, 0.4) is 0 Å². The van der Waals surface area contributed by atoms with Crippen molar-refractivity contribution < 1.29 is 19.0 Å². The molecule has 0 aliphatic heterocycles. The zero-order valence-corrected chi connectivity index (χ0v) is 14.8. The third-order valence-electron chi connectivity index (χ3n) is 3.03.